The van der Waals surface area contributed by atoms with Crippen molar-refractivity contribution in [1.82, 2.24) is 4.57 Å². The smallest absolute Gasteiger partial charge is 0.308 e. The number of carbonyl (C=O) groups is 1. The Labute approximate surface area is 97.1 Å². The molecule has 6 heteroatoms. The first kappa shape index (κ1) is 10.9. The van der Waals surface area contributed by atoms with Crippen molar-refractivity contribution in [3.8, 4) is 0 Å². The second kappa shape index (κ2) is 3.79. The zero-order valence-corrected chi connectivity index (χ0v) is 9.45. The Bertz CT molecular complexity index is 617. The first-order valence-corrected chi connectivity index (χ1v) is 5.52. The van der Waals surface area contributed by atoms with Gasteiger partial charge in [0.05, 0.1) is 10.2 Å². The SMILES string of the molecule is [B]c1ccc2c(c1)sc(=O)n2C(C)C(N)=O. The minimum absolute atomic E-state index is 0.202. The Kier molecular flexibility index (Phi) is 2.59. The van der Waals surface area contributed by atoms with E-state index >= 15 is 0 Å². The third-order valence-electron chi connectivity index (χ3n) is 2.44. The fourth-order valence-electron chi connectivity index (χ4n) is 1.55. The molecular formula is C10H9BN2O2S. The van der Waals surface area contributed by atoms with Crippen molar-refractivity contribution >= 4 is 40.8 Å². The highest BCUT2D eigenvalue weighted by atomic mass is 32.1. The van der Waals surface area contributed by atoms with E-state index in [2.05, 4.69) is 0 Å². The topological polar surface area (TPSA) is 65.1 Å². The van der Waals surface area contributed by atoms with Gasteiger partial charge in [-0.25, -0.2) is 0 Å². The van der Waals surface area contributed by atoms with E-state index in [9.17, 15) is 9.59 Å². The monoisotopic (exact) mass is 232 g/mol. The van der Waals surface area contributed by atoms with Crippen LogP contribution in [0.25, 0.3) is 10.2 Å². The Hall–Kier alpha value is -1.56. The normalized spacial score (nSPS) is 12.8. The zero-order chi connectivity index (χ0) is 11.9. The summed E-state index contributed by atoms with van der Waals surface area (Å²) >= 11 is 1.06. The van der Waals surface area contributed by atoms with Gasteiger partial charge in [0.1, 0.15) is 13.9 Å². The lowest BCUT2D eigenvalue weighted by Crippen LogP contribution is -2.29. The molecule has 4 nitrogen and oxygen atoms in total. The van der Waals surface area contributed by atoms with E-state index in [-0.39, 0.29) is 4.87 Å². The Morgan fingerprint density at radius 1 is 1.56 bits per heavy atom. The van der Waals surface area contributed by atoms with Gasteiger partial charge in [-0.3, -0.25) is 14.2 Å². The number of nitrogens with zero attached hydrogens (tertiary/aromatic N) is 1. The van der Waals surface area contributed by atoms with Crippen molar-refractivity contribution in [2.75, 3.05) is 0 Å². The molecule has 0 spiro atoms. The van der Waals surface area contributed by atoms with Crippen LogP contribution in [0.3, 0.4) is 0 Å². The molecule has 2 N–H and O–H groups in total. The summed E-state index contributed by atoms with van der Waals surface area (Å²) in [5.74, 6) is -0.529. The summed E-state index contributed by atoms with van der Waals surface area (Å²) in [6.45, 7) is 1.60. The van der Waals surface area contributed by atoms with E-state index in [0.717, 1.165) is 16.0 Å². The van der Waals surface area contributed by atoms with Gasteiger partial charge in [-0.15, -0.1) is 0 Å². The van der Waals surface area contributed by atoms with Crippen LogP contribution in [0.4, 0.5) is 0 Å². The average molecular weight is 232 g/mol. The van der Waals surface area contributed by atoms with Gasteiger partial charge in [-0.05, 0) is 19.1 Å². The first-order valence-electron chi connectivity index (χ1n) is 4.70. The molecule has 0 saturated carbocycles. The number of primary amides is 1. The van der Waals surface area contributed by atoms with Gasteiger partial charge in [0.2, 0.25) is 5.91 Å². The van der Waals surface area contributed by atoms with E-state index in [1.54, 1.807) is 25.1 Å². The highest BCUT2D eigenvalue weighted by molar-refractivity contribution is 7.16. The van der Waals surface area contributed by atoms with Crippen LogP contribution in [0.5, 0.6) is 0 Å². The molecule has 0 aliphatic rings. The van der Waals surface area contributed by atoms with Crippen LogP contribution in [0.2, 0.25) is 0 Å². The number of hydrogen-bond acceptors (Lipinski definition) is 3. The quantitative estimate of drug-likeness (QED) is 0.735. The average Bonchev–Trinajstić information content (AvgIpc) is 2.51. The van der Waals surface area contributed by atoms with E-state index in [1.807, 2.05) is 0 Å². The molecule has 2 rings (SSSR count). The molecule has 16 heavy (non-hydrogen) atoms. The number of carbonyl (C=O) groups excluding carboxylic acids is 1. The molecule has 1 atom stereocenters. The zero-order valence-electron chi connectivity index (χ0n) is 8.64. The Morgan fingerprint density at radius 2 is 2.25 bits per heavy atom. The highest BCUT2D eigenvalue weighted by Crippen LogP contribution is 2.18. The van der Waals surface area contributed by atoms with Crippen LogP contribution in [0.15, 0.2) is 23.0 Å². The molecular weight excluding hydrogens is 223 g/mol. The van der Waals surface area contributed by atoms with Crippen LogP contribution >= 0.6 is 11.3 Å². The van der Waals surface area contributed by atoms with Gasteiger partial charge < -0.3 is 5.73 Å². The molecule has 1 aromatic carbocycles. The third kappa shape index (κ3) is 1.65. The molecule has 2 aromatic rings. The number of thiazole rings is 1. The summed E-state index contributed by atoms with van der Waals surface area (Å²) in [6, 6.07) is 4.48. The number of fused-ring (bicyclic) bond motifs is 1. The van der Waals surface area contributed by atoms with Gasteiger partial charge in [0.25, 0.3) is 0 Å². The van der Waals surface area contributed by atoms with Crippen molar-refractivity contribution in [3.63, 3.8) is 0 Å². The fraction of sp³-hybridized carbons (Fsp3) is 0.200. The van der Waals surface area contributed by atoms with Crippen LogP contribution < -0.4 is 16.1 Å². The van der Waals surface area contributed by atoms with Crippen LogP contribution in [0, 0.1) is 0 Å². The molecule has 80 valence electrons. The number of rotatable bonds is 2. The molecule has 1 amide bonds. The lowest BCUT2D eigenvalue weighted by Gasteiger charge is -2.09. The summed E-state index contributed by atoms with van der Waals surface area (Å²) in [4.78, 5) is 22.6. The predicted octanol–water partition coefficient (Wildman–Crippen LogP) is -0.0969. The second-order valence-electron chi connectivity index (χ2n) is 3.54. The molecule has 0 saturated heterocycles. The van der Waals surface area contributed by atoms with E-state index in [1.165, 1.54) is 4.57 Å². The Morgan fingerprint density at radius 3 is 2.88 bits per heavy atom. The standard InChI is InChI=1S/C10H9BN2O2S/c1-5(9(12)14)13-7-3-2-6(11)4-8(7)16-10(13)15/h2-5H,1H3,(H2,12,14). The molecule has 1 heterocycles. The van der Waals surface area contributed by atoms with E-state index in [4.69, 9.17) is 13.6 Å². The van der Waals surface area contributed by atoms with Gasteiger partial charge in [0.15, 0.2) is 0 Å². The summed E-state index contributed by atoms with van der Waals surface area (Å²) in [5, 5.41) is 0. The summed E-state index contributed by atoms with van der Waals surface area (Å²) < 4.78 is 2.15. The van der Waals surface area contributed by atoms with E-state index in [0.29, 0.717) is 11.0 Å². The molecule has 1 aromatic heterocycles. The Balaban J connectivity index is 2.74. The van der Waals surface area contributed by atoms with Crippen molar-refractivity contribution in [2.24, 2.45) is 5.73 Å². The lowest BCUT2D eigenvalue weighted by molar-refractivity contribution is -0.120. The van der Waals surface area contributed by atoms with Crippen molar-refractivity contribution in [1.29, 1.82) is 0 Å². The minimum Gasteiger partial charge on any atom is -0.368 e. The number of benzene rings is 1. The molecule has 0 aliphatic carbocycles. The molecule has 2 radical (unpaired) electrons. The summed E-state index contributed by atoms with van der Waals surface area (Å²) in [5.41, 5.74) is 6.48. The molecule has 0 bridgehead atoms. The maximum atomic E-state index is 11.7. The number of nitrogens with two attached hydrogens (primary N) is 1. The summed E-state index contributed by atoms with van der Waals surface area (Å²) in [7, 11) is 5.62. The maximum absolute atomic E-state index is 11.7. The van der Waals surface area contributed by atoms with Gasteiger partial charge in [0, 0.05) is 0 Å². The van der Waals surface area contributed by atoms with Crippen LogP contribution in [-0.4, -0.2) is 18.3 Å². The molecule has 1 unspecified atom stereocenters. The largest absolute Gasteiger partial charge is 0.368 e. The molecule has 0 fully saturated rings. The van der Waals surface area contributed by atoms with Gasteiger partial charge in [-0.2, -0.15) is 0 Å². The number of hydrogen-bond donors (Lipinski definition) is 1. The van der Waals surface area contributed by atoms with Gasteiger partial charge in [-0.1, -0.05) is 22.9 Å². The first-order chi connectivity index (χ1) is 7.50. The maximum Gasteiger partial charge on any atom is 0.308 e. The van der Waals surface area contributed by atoms with Crippen molar-refractivity contribution < 1.29 is 4.79 Å². The summed E-state index contributed by atoms with van der Waals surface area (Å²) in [6.07, 6.45) is 0. The number of aromatic nitrogens is 1. The number of amides is 1. The third-order valence-corrected chi connectivity index (χ3v) is 3.35. The van der Waals surface area contributed by atoms with E-state index < -0.39 is 11.9 Å². The lowest BCUT2D eigenvalue weighted by atomic mass is 9.96. The van der Waals surface area contributed by atoms with Crippen molar-refractivity contribution in [3.05, 3.63) is 27.9 Å². The van der Waals surface area contributed by atoms with Crippen LogP contribution in [-0.2, 0) is 4.79 Å². The fourth-order valence-corrected chi connectivity index (χ4v) is 2.56. The second-order valence-corrected chi connectivity index (χ2v) is 4.54. The molecule has 0 aliphatic heterocycles. The minimum atomic E-state index is -0.648. The predicted molar refractivity (Wildman–Crippen MR) is 65.4 cm³/mol. The highest BCUT2D eigenvalue weighted by Gasteiger charge is 2.17. The van der Waals surface area contributed by atoms with Crippen molar-refractivity contribution in [2.45, 2.75) is 13.0 Å². The van der Waals surface area contributed by atoms with Crippen LogP contribution in [0.1, 0.15) is 13.0 Å². The van der Waals surface area contributed by atoms with Gasteiger partial charge >= 0.3 is 4.87 Å².